The van der Waals surface area contributed by atoms with Crippen molar-refractivity contribution < 1.29 is 4.79 Å². The van der Waals surface area contributed by atoms with E-state index in [1.807, 2.05) is 29.7 Å². The fourth-order valence-corrected chi connectivity index (χ4v) is 3.48. The Balaban J connectivity index is 2.07. The molecule has 0 saturated carbocycles. The average molecular weight is 410 g/mol. The molecular weight excluding hydrogens is 386 g/mol. The molecule has 1 aromatic carbocycles. The lowest BCUT2D eigenvalue weighted by Crippen LogP contribution is -2.29. The summed E-state index contributed by atoms with van der Waals surface area (Å²) >= 11 is 6.18. The largest absolute Gasteiger partial charge is 0.342 e. The van der Waals surface area contributed by atoms with E-state index in [-0.39, 0.29) is 11.0 Å². The Labute approximate surface area is 175 Å². The molecule has 0 aliphatic rings. The van der Waals surface area contributed by atoms with Crippen LogP contribution in [0.3, 0.4) is 0 Å². The minimum absolute atomic E-state index is 0.167. The summed E-state index contributed by atoms with van der Waals surface area (Å²) in [7, 11) is 0. The lowest BCUT2D eigenvalue weighted by molar-refractivity contribution is 0.102. The normalized spacial score (nSPS) is 10.7. The standard InChI is InChI=1S/C23H24ClN3O2/c1-3-4-12-20-22(23(29)26-19-11-6-5-10-18(19)24)21(28)14-16(2)27(20)15-17-9-7-8-13-25-17/h5-11,13-14H,3-4,12,15H2,1-2H3,(H,26,29). The molecule has 3 rings (SSSR count). The molecule has 0 aliphatic carbocycles. The van der Waals surface area contributed by atoms with Crippen molar-refractivity contribution in [2.75, 3.05) is 5.32 Å². The molecule has 0 atom stereocenters. The van der Waals surface area contributed by atoms with E-state index in [0.29, 0.717) is 23.7 Å². The molecule has 29 heavy (non-hydrogen) atoms. The maximum Gasteiger partial charge on any atom is 0.261 e. The number of carbonyl (C=O) groups excluding carboxylic acids is 1. The number of nitrogens with one attached hydrogen (secondary N) is 1. The van der Waals surface area contributed by atoms with Crippen LogP contribution >= 0.6 is 11.6 Å². The zero-order valence-electron chi connectivity index (χ0n) is 16.6. The van der Waals surface area contributed by atoms with Crippen LogP contribution in [-0.2, 0) is 13.0 Å². The molecule has 0 saturated heterocycles. The first-order chi connectivity index (χ1) is 14.0. The number of aromatic nitrogens is 2. The van der Waals surface area contributed by atoms with Crippen LogP contribution in [0.5, 0.6) is 0 Å². The lowest BCUT2D eigenvalue weighted by Gasteiger charge is -2.20. The summed E-state index contributed by atoms with van der Waals surface area (Å²) < 4.78 is 2.01. The van der Waals surface area contributed by atoms with Gasteiger partial charge >= 0.3 is 0 Å². The quantitative estimate of drug-likeness (QED) is 0.606. The molecular formula is C23H24ClN3O2. The number of aryl methyl sites for hydroxylation is 1. The van der Waals surface area contributed by atoms with Crippen LogP contribution in [0.1, 0.15) is 47.2 Å². The van der Waals surface area contributed by atoms with Crippen molar-refractivity contribution in [1.82, 2.24) is 9.55 Å². The van der Waals surface area contributed by atoms with Gasteiger partial charge in [0.15, 0.2) is 5.43 Å². The van der Waals surface area contributed by atoms with Gasteiger partial charge in [-0.2, -0.15) is 0 Å². The van der Waals surface area contributed by atoms with Gasteiger partial charge in [0.2, 0.25) is 0 Å². The van der Waals surface area contributed by atoms with Crippen LogP contribution in [0.4, 0.5) is 5.69 Å². The van der Waals surface area contributed by atoms with E-state index in [2.05, 4.69) is 17.2 Å². The lowest BCUT2D eigenvalue weighted by atomic mass is 10.0. The summed E-state index contributed by atoms with van der Waals surface area (Å²) in [5.41, 5.74) is 2.77. The maximum atomic E-state index is 13.1. The van der Waals surface area contributed by atoms with Crippen LogP contribution in [-0.4, -0.2) is 15.5 Å². The van der Waals surface area contributed by atoms with Gasteiger partial charge in [0, 0.05) is 23.7 Å². The predicted octanol–water partition coefficient (Wildman–Crippen LogP) is 4.85. The van der Waals surface area contributed by atoms with E-state index in [4.69, 9.17) is 11.6 Å². The van der Waals surface area contributed by atoms with E-state index in [1.165, 1.54) is 6.07 Å². The SMILES string of the molecule is CCCCc1c(C(=O)Nc2ccccc2Cl)c(=O)cc(C)n1Cc1ccccn1. The highest BCUT2D eigenvalue weighted by Gasteiger charge is 2.21. The number of halogens is 1. The summed E-state index contributed by atoms with van der Waals surface area (Å²) in [5.74, 6) is -0.441. The maximum absolute atomic E-state index is 13.1. The minimum atomic E-state index is -0.441. The second kappa shape index (κ2) is 9.52. The number of para-hydroxylation sites is 1. The molecule has 1 N–H and O–H groups in total. The Morgan fingerprint density at radius 2 is 1.93 bits per heavy atom. The first kappa shape index (κ1) is 20.8. The van der Waals surface area contributed by atoms with Crippen molar-refractivity contribution in [3.8, 4) is 0 Å². The Kier molecular flexibility index (Phi) is 6.83. The number of hydrogen-bond donors (Lipinski definition) is 1. The number of nitrogens with zero attached hydrogens (tertiary/aromatic N) is 2. The fraction of sp³-hybridized carbons (Fsp3) is 0.261. The van der Waals surface area contributed by atoms with Crippen molar-refractivity contribution in [3.05, 3.63) is 92.6 Å². The van der Waals surface area contributed by atoms with Gasteiger partial charge in [-0.05, 0) is 44.0 Å². The number of benzene rings is 1. The topological polar surface area (TPSA) is 64.0 Å². The molecule has 0 spiro atoms. The van der Waals surface area contributed by atoms with Crippen LogP contribution in [0.15, 0.2) is 59.5 Å². The molecule has 2 aromatic heterocycles. The van der Waals surface area contributed by atoms with E-state index >= 15 is 0 Å². The molecule has 0 aliphatic heterocycles. The predicted molar refractivity (Wildman–Crippen MR) is 117 cm³/mol. The third kappa shape index (κ3) is 4.93. The van der Waals surface area contributed by atoms with E-state index < -0.39 is 5.91 Å². The van der Waals surface area contributed by atoms with Crippen LogP contribution in [0, 0.1) is 6.92 Å². The van der Waals surface area contributed by atoms with Gasteiger partial charge in [-0.15, -0.1) is 0 Å². The summed E-state index contributed by atoms with van der Waals surface area (Å²) in [6, 6.07) is 14.2. The third-order valence-electron chi connectivity index (χ3n) is 4.79. The first-order valence-electron chi connectivity index (χ1n) is 9.70. The second-order valence-corrected chi connectivity index (χ2v) is 7.32. The molecule has 3 aromatic rings. The number of carbonyl (C=O) groups is 1. The van der Waals surface area contributed by atoms with Gasteiger partial charge in [-0.25, -0.2) is 0 Å². The third-order valence-corrected chi connectivity index (χ3v) is 5.12. The highest BCUT2D eigenvalue weighted by Crippen LogP contribution is 2.22. The number of hydrogen-bond acceptors (Lipinski definition) is 3. The van der Waals surface area contributed by atoms with Crippen molar-refractivity contribution in [2.45, 2.75) is 39.7 Å². The monoisotopic (exact) mass is 409 g/mol. The van der Waals surface area contributed by atoms with E-state index in [9.17, 15) is 9.59 Å². The summed E-state index contributed by atoms with van der Waals surface area (Å²) in [6.07, 6.45) is 4.20. The number of anilines is 1. The summed E-state index contributed by atoms with van der Waals surface area (Å²) in [5, 5.41) is 3.22. The van der Waals surface area contributed by atoms with E-state index in [1.54, 1.807) is 30.5 Å². The van der Waals surface area contributed by atoms with Gasteiger partial charge in [0.05, 0.1) is 22.9 Å². The van der Waals surface area contributed by atoms with Crippen molar-refractivity contribution in [3.63, 3.8) is 0 Å². The Morgan fingerprint density at radius 1 is 1.17 bits per heavy atom. The molecule has 1 amide bonds. The molecule has 0 bridgehead atoms. The zero-order chi connectivity index (χ0) is 20.8. The van der Waals surface area contributed by atoms with Gasteiger partial charge in [-0.3, -0.25) is 14.6 Å². The number of rotatable bonds is 7. The smallest absolute Gasteiger partial charge is 0.261 e. The van der Waals surface area contributed by atoms with Crippen LogP contribution in [0.25, 0.3) is 0 Å². The van der Waals surface area contributed by atoms with Crippen LogP contribution < -0.4 is 10.7 Å². The van der Waals surface area contributed by atoms with Crippen molar-refractivity contribution >= 4 is 23.2 Å². The van der Waals surface area contributed by atoms with Gasteiger partial charge in [-0.1, -0.05) is 43.1 Å². The highest BCUT2D eigenvalue weighted by molar-refractivity contribution is 6.33. The average Bonchev–Trinajstić information content (AvgIpc) is 2.71. The molecule has 6 heteroatoms. The second-order valence-electron chi connectivity index (χ2n) is 6.92. The highest BCUT2D eigenvalue weighted by atomic mass is 35.5. The number of pyridine rings is 2. The summed E-state index contributed by atoms with van der Waals surface area (Å²) in [6.45, 7) is 4.47. The van der Waals surface area contributed by atoms with Crippen molar-refractivity contribution in [2.24, 2.45) is 0 Å². The Bertz CT molecular complexity index is 1060. The zero-order valence-corrected chi connectivity index (χ0v) is 17.4. The molecule has 5 nitrogen and oxygen atoms in total. The fourth-order valence-electron chi connectivity index (χ4n) is 3.30. The van der Waals surface area contributed by atoms with Crippen molar-refractivity contribution in [1.29, 1.82) is 0 Å². The molecule has 150 valence electrons. The number of unbranched alkanes of at least 4 members (excludes halogenated alkanes) is 1. The first-order valence-corrected chi connectivity index (χ1v) is 10.1. The molecule has 0 unspecified atom stereocenters. The summed E-state index contributed by atoms with van der Waals surface area (Å²) in [4.78, 5) is 30.3. The Hall–Kier alpha value is -2.92. The molecule has 2 heterocycles. The minimum Gasteiger partial charge on any atom is -0.342 e. The van der Waals surface area contributed by atoms with Gasteiger partial charge in [0.1, 0.15) is 5.56 Å². The van der Waals surface area contributed by atoms with E-state index in [0.717, 1.165) is 29.9 Å². The molecule has 0 fully saturated rings. The number of amides is 1. The van der Waals surface area contributed by atoms with Crippen LogP contribution in [0.2, 0.25) is 5.02 Å². The Morgan fingerprint density at radius 3 is 2.62 bits per heavy atom. The van der Waals surface area contributed by atoms with Gasteiger partial charge < -0.3 is 9.88 Å². The van der Waals surface area contributed by atoms with Gasteiger partial charge in [0.25, 0.3) is 5.91 Å². The molecule has 0 radical (unpaired) electrons.